The number of anilines is 1. The van der Waals surface area contributed by atoms with E-state index in [1.165, 1.54) is 18.2 Å². The second kappa shape index (κ2) is 5.45. The fraction of sp³-hybridized carbons (Fsp3) is 0.333. The maximum absolute atomic E-state index is 11.7. The highest BCUT2D eigenvalue weighted by Crippen LogP contribution is 2.24. The summed E-state index contributed by atoms with van der Waals surface area (Å²) < 4.78 is 62.6. The number of sulfone groups is 1. The number of halogens is 4. The Kier molecular flexibility index (Phi) is 4.62. The minimum atomic E-state index is -4.85. The van der Waals surface area contributed by atoms with E-state index in [1.54, 1.807) is 0 Å². The summed E-state index contributed by atoms with van der Waals surface area (Å²) in [6.07, 6.45) is -4.85. The molecule has 0 bridgehead atoms. The first-order valence-electron chi connectivity index (χ1n) is 4.60. The van der Waals surface area contributed by atoms with Crippen LogP contribution in [0.5, 0.6) is 0 Å². The van der Waals surface area contributed by atoms with Crippen molar-refractivity contribution in [2.75, 3.05) is 18.1 Å². The number of nitrogens with two attached hydrogens (primary N) is 1. The third kappa shape index (κ3) is 4.46. The first-order chi connectivity index (χ1) is 8.12. The Morgan fingerprint density at radius 3 is 2.44 bits per heavy atom. The van der Waals surface area contributed by atoms with Crippen molar-refractivity contribution >= 4 is 31.5 Å². The van der Waals surface area contributed by atoms with Crippen LogP contribution >= 0.6 is 15.9 Å². The SMILES string of the molecule is Nc1cc(Br)ccc1S(=O)(=O)CCOC(F)(F)F. The first-order valence-corrected chi connectivity index (χ1v) is 7.05. The molecule has 1 rings (SSSR count). The minimum Gasteiger partial charge on any atom is -0.398 e. The summed E-state index contributed by atoms with van der Waals surface area (Å²) in [4.78, 5) is -0.212. The zero-order valence-electron chi connectivity index (χ0n) is 8.87. The molecule has 102 valence electrons. The van der Waals surface area contributed by atoms with Crippen LogP contribution < -0.4 is 5.73 Å². The van der Waals surface area contributed by atoms with Crippen molar-refractivity contribution in [2.24, 2.45) is 0 Å². The predicted octanol–water partition coefficient (Wildman–Crippen LogP) is 2.34. The van der Waals surface area contributed by atoms with Crippen LogP contribution in [0.15, 0.2) is 27.6 Å². The summed E-state index contributed by atoms with van der Waals surface area (Å²) in [7, 11) is -3.90. The van der Waals surface area contributed by atoms with E-state index in [1.807, 2.05) is 0 Å². The number of hydrogen-bond acceptors (Lipinski definition) is 4. The number of benzene rings is 1. The number of ether oxygens (including phenoxy) is 1. The van der Waals surface area contributed by atoms with Crippen molar-refractivity contribution in [3.63, 3.8) is 0 Å². The van der Waals surface area contributed by atoms with Crippen LogP contribution in [0.3, 0.4) is 0 Å². The maximum Gasteiger partial charge on any atom is 0.522 e. The molecule has 0 atom stereocenters. The van der Waals surface area contributed by atoms with Gasteiger partial charge in [-0.15, -0.1) is 13.2 Å². The highest BCUT2D eigenvalue weighted by molar-refractivity contribution is 9.10. The Labute approximate surface area is 110 Å². The largest absolute Gasteiger partial charge is 0.522 e. The smallest absolute Gasteiger partial charge is 0.398 e. The molecule has 9 heteroatoms. The second-order valence-corrected chi connectivity index (χ2v) is 6.29. The zero-order valence-corrected chi connectivity index (χ0v) is 11.3. The predicted molar refractivity (Wildman–Crippen MR) is 62.6 cm³/mol. The van der Waals surface area contributed by atoms with Crippen LogP contribution in [0.4, 0.5) is 18.9 Å². The van der Waals surface area contributed by atoms with Crippen molar-refractivity contribution < 1.29 is 26.3 Å². The highest BCUT2D eigenvalue weighted by Gasteiger charge is 2.30. The molecule has 0 heterocycles. The van der Waals surface area contributed by atoms with E-state index >= 15 is 0 Å². The van der Waals surface area contributed by atoms with Crippen LogP contribution in [0, 0.1) is 0 Å². The van der Waals surface area contributed by atoms with Gasteiger partial charge in [0, 0.05) is 4.47 Å². The van der Waals surface area contributed by atoms with Gasteiger partial charge in [-0.25, -0.2) is 8.42 Å². The zero-order chi connectivity index (χ0) is 14.0. The number of nitrogen functional groups attached to an aromatic ring is 1. The third-order valence-corrected chi connectivity index (χ3v) is 4.16. The van der Waals surface area contributed by atoms with Crippen LogP contribution in [-0.4, -0.2) is 27.1 Å². The van der Waals surface area contributed by atoms with Gasteiger partial charge in [-0.2, -0.15) is 0 Å². The summed E-state index contributed by atoms with van der Waals surface area (Å²) in [5, 5.41) is 0. The van der Waals surface area contributed by atoms with Gasteiger partial charge in [-0.1, -0.05) is 15.9 Å². The average Bonchev–Trinajstić information content (AvgIpc) is 2.13. The van der Waals surface area contributed by atoms with E-state index < -0.39 is 28.6 Å². The lowest BCUT2D eigenvalue weighted by molar-refractivity contribution is -0.322. The highest BCUT2D eigenvalue weighted by atomic mass is 79.9. The third-order valence-electron chi connectivity index (χ3n) is 1.92. The Bertz CT molecular complexity index is 530. The Balaban J connectivity index is 2.81. The van der Waals surface area contributed by atoms with Gasteiger partial charge in [0.2, 0.25) is 0 Å². The molecule has 0 aliphatic heterocycles. The second-order valence-electron chi connectivity index (χ2n) is 3.30. The molecular formula is C9H9BrF3NO3S. The lowest BCUT2D eigenvalue weighted by Crippen LogP contribution is -2.20. The van der Waals surface area contributed by atoms with Crippen molar-refractivity contribution in [3.05, 3.63) is 22.7 Å². The fourth-order valence-corrected chi connectivity index (χ4v) is 2.77. The molecule has 0 aliphatic rings. The van der Waals surface area contributed by atoms with Crippen LogP contribution in [0.1, 0.15) is 0 Å². The van der Waals surface area contributed by atoms with Gasteiger partial charge in [0.1, 0.15) is 0 Å². The topological polar surface area (TPSA) is 69.4 Å². The fourth-order valence-electron chi connectivity index (χ4n) is 1.18. The molecule has 0 aromatic heterocycles. The van der Waals surface area contributed by atoms with E-state index in [2.05, 4.69) is 20.7 Å². The molecule has 4 nitrogen and oxygen atoms in total. The summed E-state index contributed by atoms with van der Waals surface area (Å²) in [6, 6.07) is 4.02. The standard InChI is InChI=1S/C9H9BrF3NO3S/c10-6-1-2-8(7(14)5-6)18(15,16)4-3-17-9(11,12)13/h1-2,5H,3-4,14H2. The van der Waals surface area contributed by atoms with Gasteiger partial charge in [-0.05, 0) is 18.2 Å². The molecule has 1 aromatic carbocycles. The monoisotopic (exact) mass is 347 g/mol. The summed E-state index contributed by atoms with van der Waals surface area (Å²) >= 11 is 3.09. The van der Waals surface area contributed by atoms with Gasteiger partial charge < -0.3 is 5.73 Å². The van der Waals surface area contributed by atoms with E-state index in [0.29, 0.717) is 4.47 Å². The molecule has 0 unspecified atom stereocenters. The molecule has 0 fully saturated rings. The van der Waals surface area contributed by atoms with Crippen LogP contribution in [-0.2, 0) is 14.6 Å². The Morgan fingerprint density at radius 1 is 1.33 bits per heavy atom. The van der Waals surface area contributed by atoms with Crippen molar-refractivity contribution in [1.82, 2.24) is 0 Å². The normalized spacial score (nSPS) is 12.7. The molecule has 0 radical (unpaired) electrons. The molecule has 0 amide bonds. The van der Waals surface area contributed by atoms with Gasteiger partial charge >= 0.3 is 6.36 Å². The van der Waals surface area contributed by atoms with Crippen molar-refractivity contribution in [2.45, 2.75) is 11.3 Å². The van der Waals surface area contributed by atoms with Crippen LogP contribution in [0.2, 0.25) is 0 Å². The summed E-state index contributed by atoms with van der Waals surface area (Å²) in [6.45, 7) is -0.971. The molecule has 0 aliphatic carbocycles. The van der Waals surface area contributed by atoms with Gasteiger partial charge in [-0.3, -0.25) is 4.74 Å². The van der Waals surface area contributed by atoms with E-state index in [9.17, 15) is 21.6 Å². The van der Waals surface area contributed by atoms with Gasteiger partial charge in [0.15, 0.2) is 9.84 Å². The van der Waals surface area contributed by atoms with Gasteiger partial charge in [0.25, 0.3) is 0 Å². The summed E-state index contributed by atoms with van der Waals surface area (Å²) in [5.41, 5.74) is 5.46. The Morgan fingerprint density at radius 2 is 1.94 bits per heavy atom. The van der Waals surface area contributed by atoms with Crippen molar-refractivity contribution in [3.8, 4) is 0 Å². The van der Waals surface area contributed by atoms with Crippen LogP contribution in [0.25, 0.3) is 0 Å². The van der Waals surface area contributed by atoms with Crippen molar-refractivity contribution in [1.29, 1.82) is 0 Å². The minimum absolute atomic E-state index is 0.0311. The molecule has 0 spiro atoms. The Hall–Kier alpha value is -0.800. The number of alkyl halides is 3. The van der Waals surface area contributed by atoms with E-state index in [0.717, 1.165) is 0 Å². The molecule has 18 heavy (non-hydrogen) atoms. The first kappa shape index (κ1) is 15.3. The molecule has 2 N–H and O–H groups in total. The molecule has 0 saturated heterocycles. The number of rotatable bonds is 4. The lowest BCUT2D eigenvalue weighted by Gasteiger charge is -2.09. The quantitative estimate of drug-likeness (QED) is 0.848. The average molecular weight is 348 g/mol. The molecular weight excluding hydrogens is 339 g/mol. The summed E-state index contributed by atoms with van der Waals surface area (Å²) in [5.74, 6) is -0.793. The number of hydrogen-bond donors (Lipinski definition) is 1. The molecule has 0 saturated carbocycles. The van der Waals surface area contributed by atoms with E-state index in [-0.39, 0.29) is 10.6 Å². The van der Waals surface area contributed by atoms with Gasteiger partial charge in [0.05, 0.1) is 22.9 Å². The van der Waals surface area contributed by atoms with E-state index in [4.69, 9.17) is 5.73 Å². The maximum atomic E-state index is 11.7. The lowest BCUT2D eigenvalue weighted by atomic mass is 10.3. The molecule has 1 aromatic rings.